The maximum absolute atomic E-state index is 10.7. The minimum atomic E-state index is 0.157. The molecule has 2 nitrogen and oxygen atoms in total. The Kier molecular flexibility index (Phi) is 2.76. The second-order valence-electron chi connectivity index (χ2n) is 4.36. The van der Waals surface area contributed by atoms with Gasteiger partial charge in [-0.2, -0.15) is 0 Å². The second kappa shape index (κ2) is 4.05. The molecule has 0 aliphatic heterocycles. The molecule has 1 aromatic rings. The highest BCUT2D eigenvalue weighted by Crippen LogP contribution is 2.44. The molecule has 1 aliphatic rings. The van der Waals surface area contributed by atoms with Gasteiger partial charge in [-0.3, -0.25) is 4.79 Å². The fourth-order valence-corrected chi connectivity index (χ4v) is 1.71. The third-order valence-corrected chi connectivity index (χ3v) is 2.55. The number of aldehydes is 1. The van der Waals surface area contributed by atoms with E-state index in [0.717, 1.165) is 12.0 Å². The smallest absolute Gasteiger partial charge is 0.150 e. The number of ether oxygens (including phenoxy) is 1. The van der Waals surface area contributed by atoms with Crippen LogP contribution in [0.15, 0.2) is 18.2 Å². The molecule has 0 heterocycles. The van der Waals surface area contributed by atoms with E-state index in [9.17, 15) is 4.79 Å². The SMILES string of the molecule is CC(C)Oc1cc(C=O)ccc1C1CC1. The maximum Gasteiger partial charge on any atom is 0.150 e. The Morgan fingerprint density at radius 3 is 2.67 bits per heavy atom. The van der Waals surface area contributed by atoms with Gasteiger partial charge >= 0.3 is 0 Å². The van der Waals surface area contributed by atoms with Crippen molar-refractivity contribution in [3.05, 3.63) is 29.3 Å². The normalized spacial score (nSPS) is 15.4. The van der Waals surface area contributed by atoms with E-state index in [1.54, 1.807) is 0 Å². The van der Waals surface area contributed by atoms with Gasteiger partial charge in [0.1, 0.15) is 12.0 Å². The molecule has 15 heavy (non-hydrogen) atoms. The molecule has 1 aromatic carbocycles. The van der Waals surface area contributed by atoms with Gasteiger partial charge in [0, 0.05) is 5.56 Å². The summed E-state index contributed by atoms with van der Waals surface area (Å²) in [6, 6.07) is 5.74. The zero-order chi connectivity index (χ0) is 10.8. The van der Waals surface area contributed by atoms with Gasteiger partial charge in [0.25, 0.3) is 0 Å². The Balaban J connectivity index is 2.31. The fraction of sp³-hybridized carbons (Fsp3) is 0.462. The third-order valence-electron chi connectivity index (χ3n) is 2.55. The average molecular weight is 204 g/mol. The van der Waals surface area contributed by atoms with Crippen molar-refractivity contribution in [3.8, 4) is 5.75 Å². The number of hydrogen-bond acceptors (Lipinski definition) is 2. The van der Waals surface area contributed by atoms with E-state index < -0.39 is 0 Å². The summed E-state index contributed by atoms with van der Waals surface area (Å²) in [5.74, 6) is 1.54. The molecular weight excluding hydrogens is 188 g/mol. The summed E-state index contributed by atoms with van der Waals surface area (Å²) in [7, 11) is 0. The van der Waals surface area contributed by atoms with Crippen LogP contribution in [0.3, 0.4) is 0 Å². The monoisotopic (exact) mass is 204 g/mol. The first-order valence-electron chi connectivity index (χ1n) is 5.46. The molecule has 0 saturated heterocycles. The van der Waals surface area contributed by atoms with Crippen LogP contribution in [-0.2, 0) is 0 Å². The van der Waals surface area contributed by atoms with Crippen molar-refractivity contribution < 1.29 is 9.53 Å². The molecule has 1 fully saturated rings. The Morgan fingerprint density at radius 2 is 2.13 bits per heavy atom. The summed E-state index contributed by atoms with van der Waals surface area (Å²) >= 11 is 0. The highest BCUT2D eigenvalue weighted by Gasteiger charge is 2.27. The van der Waals surface area contributed by atoms with Gasteiger partial charge in [0.15, 0.2) is 0 Å². The van der Waals surface area contributed by atoms with E-state index in [1.807, 2.05) is 32.0 Å². The lowest BCUT2D eigenvalue weighted by atomic mass is 10.1. The first kappa shape index (κ1) is 10.2. The lowest BCUT2D eigenvalue weighted by molar-refractivity contribution is 0.112. The molecular formula is C13H16O2. The number of rotatable bonds is 4. The predicted octanol–water partition coefficient (Wildman–Crippen LogP) is 3.16. The Bertz CT molecular complexity index is 365. The third kappa shape index (κ3) is 2.38. The van der Waals surface area contributed by atoms with Gasteiger partial charge in [0.05, 0.1) is 6.10 Å². The van der Waals surface area contributed by atoms with Crippen molar-refractivity contribution in [2.24, 2.45) is 0 Å². The highest BCUT2D eigenvalue weighted by molar-refractivity contribution is 5.76. The highest BCUT2D eigenvalue weighted by atomic mass is 16.5. The molecule has 1 saturated carbocycles. The van der Waals surface area contributed by atoms with Gasteiger partial charge in [0.2, 0.25) is 0 Å². The van der Waals surface area contributed by atoms with Crippen LogP contribution >= 0.6 is 0 Å². The van der Waals surface area contributed by atoms with E-state index in [1.165, 1.54) is 18.4 Å². The van der Waals surface area contributed by atoms with E-state index in [4.69, 9.17) is 4.74 Å². The van der Waals surface area contributed by atoms with E-state index >= 15 is 0 Å². The van der Waals surface area contributed by atoms with Crippen molar-refractivity contribution in [2.75, 3.05) is 0 Å². The van der Waals surface area contributed by atoms with Gasteiger partial charge in [-0.15, -0.1) is 0 Å². The number of carbonyl (C=O) groups is 1. The van der Waals surface area contributed by atoms with Crippen LogP contribution in [0.25, 0.3) is 0 Å². The van der Waals surface area contributed by atoms with Gasteiger partial charge in [-0.05, 0) is 44.2 Å². The zero-order valence-electron chi connectivity index (χ0n) is 9.19. The molecule has 0 amide bonds. The standard InChI is InChI=1S/C13H16O2/c1-9(2)15-13-7-10(8-14)3-6-12(13)11-4-5-11/h3,6-9,11H,4-5H2,1-2H3. The molecule has 0 radical (unpaired) electrons. The Morgan fingerprint density at radius 1 is 1.40 bits per heavy atom. The van der Waals surface area contributed by atoms with Crippen molar-refractivity contribution >= 4 is 6.29 Å². The second-order valence-corrected chi connectivity index (χ2v) is 4.36. The summed E-state index contributed by atoms with van der Waals surface area (Å²) in [4.78, 5) is 10.7. The quantitative estimate of drug-likeness (QED) is 0.704. The van der Waals surface area contributed by atoms with Crippen LogP contribution in [0.5, 0.6) is 5.75 Å². The minimum Gasteiger partial charge on any atom is -0.491 e. The zero-order valence-corrected chi connectivity index (χ0v) is 9.19. The van der Waals surface area contributed by atoms with E-state index in [2.05, 4.69) is 0 Å². The molecule has 2 rings (SSSR count). The molecule has 80 valence electrons. The molecule has 0 atom stereocenters. The van der Waals surface area contributed by atoms with Crippen LogP contribution in [0.1, 0.15) is 48.5 Å². The first-order chi connectivity index (χ1) is 7.20. The van der Waals surface area contributed by atoms with Crippen LogP contribution < -0.4 is 4.74 Å². The van der Waals surface area contributed by atoms with Crippen LogP contribution in [0, 0.1) is 0 Å². The molecule has 1 aliphatic carbocycles. The van der Waals surface area contributed by atoms with E-state index in [-0.39, 0.29) is 6.10 Å². The Labute approximate surface area is 90.3 Å². The van der Waals surface area contributed by atoms with Gasteiger partial charge in [-0.1, -0.05) is 12.1 Å². The van der Waals surface area contributed by atoms with Crippen LogP contribution in [0.4, 0.5) is 0 Å². The minimum absolute atomic E-state index is 0.157. The molecule has 0 N–H and O–H groups in total. The molecule has 0 bridgehead atoms. The van der Waals surface area contributed by atoms with Crippen molar-refractivity contribution in [1.82, 2.24) is 0 Å². The number of benzene rings is 1. The van der Waals surface area contributed by atoms with Crippen molar-refractivity contribution in [2.45, 2.75) is 38.7 Å². The van der Waals surface area contributed by atoms with Gasteiger partial charge < -0.3 is 4.74 Å². The molecule has 0 aromatic heterocycles. The summed E-state index contributed by atoms with van der Waals surface area (Å²) in [6.07, 6.45) is 3.51. The lowest BCUT2D eigenvalue weighted by Gasteiger charge is -2.14. The largest absolute Gasteiger partial charge is 0.491 e. The predicted molar refractivity (Wildman–Crippen MR) is 59.6 cm³/mol. The van der Waals surface area contributed by atoms with Crippen molar-refractivity contribution in [3.63, 3.8) is 0 Å². The summed E-state index contributed by atoms with van der Waals surface area (Å²) in [5.41, 5.74) is 1.95. The van der Waals surface area contributed by atoms with Crippen LogP contribution in [-0.4, -0.2) is 12.4 Å². The van der Waals surface area contributed by atoms with Crippen LogP contribution in [0.2, 0.25) is 0 Å². The maximum atomic E-state index is 10.7. The topological polar surface area (TPSA) is 26.3 Å². The lowest BCUT2D eigenvalue weighted by Crippen LogP contribution is -2.07. The van der Waals surface area contributed by atoms with E-state index in [0.29, 0.717) is 11.5 Å². The molecule has 2 heteroatoms. The number of hydrogen-bond donors (Lipinski definition) is 0. The van der Waals surface area contributed by atoms with Gasteiger partial charge in [-0.25, -0.2) is 0 Å². The summed E-state index contributed by atoms with van der Waals surface area (Å²) in [6.45, 7) is 4.01. The Hall–Kier alpha value is -1.31. The number of carbonyl (C=O) groups excluding carboxylic acids is 1. The van der Waals surface area contributed by atoms with Crippen molar-refractivity contribution in [1.29, 1.82) is 0 Å². The molecule has 0 spiro atoms. The fourth-order valence-electron chi connectivity index (χ4n) is 1.71. The first-order valence-corrected chi connectivity index (χ1v) is 5.46. The summed E-state index contributed by atoms with van der Waals surface area (Å²) < 4.78 is 5.73. The average Bonchev–Trinajstić information content (AvgIpc) is 3.00. The molecule has 0 unspecified atom stereocenters. The summed E-state index contributed by atoms with van der Waals surface area (Å²) in [5, 5.41) is 0.